The van der Waals surface area contributed by atoms with Crippen LogP contribution in [0.25, 0.3) is 0 Å². The Morgan fingerprint density at radius 3 is 2.53 bits per heavy atom. The standard InChI is InChI=1S/C13H16F3NO2/c14-13(15,16)11-3-1-10(2-4-11)7-17-5-6-19-12(8-17)9-18/h1-4,12,18H,5-9H2. The minimum Gasteiger partial charge on any atom is -0.394 e. The van der Waals surface area contributed by atoms with E-state index in [-0.39, 0.29) is 12.7 Å². The van der Waals surface area contributed by atoms with E-state index >= 15 is 0 Å². The second-order valence-electron chi connectivity index (χ2n) is 4.61. The van der Waals surface area contributed by atoms with Gasteiger partial charge in [0.2, 0.25) is 0 Å². The number of rotatable bonds is 3. The smallest absolute Gasteiger partial charge is 0.394 e. The second kappa shape index (κ2) is 5.90. The fourth-order valence-electron chi connectivity index (χ4n) is 2.09. The van der Waals surface area contributed by atoms with Crippen molar-refractivity contribution in [2.75, 3.05) is 26.3 Å². The molecule has 1 aliphatic rings. The van der Waals surface area contributed by atoms with Gasteiger partial charge >= 0.3 is 6.18 Å². The average Bonchev–Trinajstić information content (AvgIpc) is 2.38. The Morgan fingerprint density at radius 2 is 1.95 bits per heavy atom. The van der Waals surface area contributed by atoms with Crippen LogP contribution in [0.1, 0.15) is 11.1 Å². The van der Waals surface area contributed by atoms with Crippen LogP contribution in [0.3, 0.4) is 0 Å². The molecule has 1 atom stereocenters. The van der Waals surface area contributed by atoms with Gasteiger partial charge in [0.15, 0.2) is 0 Å². The minimum atomic E-state index is -4.29. The molecule has 0 saturated carbocycles. The summed E-state index contributed by atoms with van der Waals surface area (Å²) in [5.74, 6) is 0. The van der Waals surface area contributed by atoms with E-state index in [1.54, 1.807) is 0 Å². The molecule has 1 N–H and O–H groups in total. The summed E-state index contributed by atoms with van der Waals surface area (Å²) in [4.78, 5) is 2.06. The highest BCUT2D eigenvalue weighted by Gasteiger charge is 2.30. The molecule has 1 aromatic carbocycles. The van der Waals surface area contributed by atoms with Crippen molar-refractivity contribution in [1.82, 2.24) is 4.90 Å². The zero-order valence-electron chi connectivity index (χ0n) is 10.4. The van der Waals surface area contributed by atoms with Crippen LogP contribution >= 0.6 is 0 Å². The maximum atomic E-state index is 12.4. The van der Waals surface area contributed by atoms with Gasteiger partial charge in [0.25, 0.3) is 0 Å². The summed E-state index contributed by atoms with van der Waals surface area (Å²) in [6, 6.07) is 5.18. The predicted octanol–water partition coefficient (Wildman–Crippen LogP) is 1.90. The lowest BCUT2D eigenvalue weighted by Gasteiger charge is -2.32. The van der Waals surface area contributed by atoms with Gasteiger partial charge in [-0.2, -0.15) is 13.2 Å². The first-order chi connectivity index (χ1) is 8.99. The van der Waals surface area contributed by atoms with Crippen LogP contribution in [0, 0.1) is 0 Å². The van der Waals surface area contributed by atoms with Gasteiger partial charge in [0.05, 0.1) is 24.9 Å². The molecule has 0 spiro atoms. The molecule has 0 aliphatic carbocycles. The fraction of sp³-hybridized carbons (Fsp3) is 0.538. The summed E-state index contributed by atoms with van der Waals surface area (Å²) in [7, 11) is 0. The number of alkyl halides is 3. The highest BCUT2D eigenvalue weighted by atomic mass is 19.4. The zero-order chi connectivity index (χ0) is 13.9. The van der Waals surface area contributed by atoms with Crippen molar-refractivity contribution in [3.05, 3.63) is 35.4 Å². The molecule has 0 amide bonds. The Bertz CT molecular complexity index is 405. The quantitative estimate of drug-likeness (QED) is 0.914. The molecule has 6 heteroatoms. The van der Waals surface area contributed by atoms with Crippen LogP contribution < -0.4 is 0 Å². The van der Waals surface area contributed by atoms with Crippen LogP contribution in [0.15, 0.2) is 24.3 Å². The van der Waals surface area contributed by atoms with Crippen molar-refractivity contribution in [2.24, 2.45) is 0 Å². The maximum absolute atomic E-state index is 12.4. The van der Waals surface area contributed by atoms with E-state index in [1.165, 1.54) is 12.1 Å². The van der Waals surface area contributed by atoms with Crippen molar-refractivity contribution in [3.63, 3.8) is 0 Å². The van der Waals surface area contributed by atoms with E-state index in [0.717, 1.165) is 24.2 Å². The summed E-state index contributed by atoms with van der Waals surface area (Å²) in [6.45, 7) is 2.38. The van der Waals surface area contributed by atoms with Crippen molar-refractivity contribution in [2.45, 2.75) is 18.8 Å². The molecule has 3 nitrogen and oxygen atoms in total. The van der Waals surface area contributed by atoms with Gasteiger partial charge in [-0.05, 0) is 17.7 Å². The number of benzene rings is 1. The summed E-state index contributed by atoms with van der Waals surface area (Å²) in [5.41, 5.74) is 0.193. The molecule has 0 radical (unpaired) electrons. The highest BCUT2D eigenvalue weighted by molar-refractivity contribution is 5.24. The van der Waals surface area contributed by atoms with Crippen LogP contribution in [0.5, 0.6) is 0 Å². The van der Waals surface area contributed by atoms with Crippen LogP contribution in [-0.2, 0) is 17.5 Å². The molecule has 19 heavy (non-hydrogen) atoms. The number of aliphatic hydroxyl groups excluding tert-OH is 1. The van der Waals surface area contributed by atoms with Gasteiger partial charge in [-0.1, -0.05) is 12.1 Å². The fourth-order valence-corrected chi connectivity index (χ4v) is 2.09. The third kappa shape index (κ3) is 3.92. The predicted molar refractivity (Wildman–Crippen MR) is 63.5 cm³/mol. The van der Waals surface area contributed by atoms with Gasteiger partial charge in [0, 0.05) is 19.6 Å². The highest BCUT2D eigenvalue weighted by Crippen LogP contribution is 2.29. The Kier molecular flexibility index (Phi) is 4.44. The molecule has 1 heterocycles. The van der Waals surface area contributed by atoms with Crippen molar-refractivity contribution < 1.29 is 23.0 Å². The normalized spacial score (nSPS) is 21.6. The maximum Gasteiger partial charge on any atom is 0.416 e. The lowest BCUT2D eigenvalue weighted by Crippen LogP contribution is -2.43. The molecule has 1 fully saturated rings. The Morgan fingerprint density at radius 1 is 1.26 bits per heavy atom. The van der Waals surface area contributed by atoms with E-state index in [0.29, 0.717) is 19.7 Å². The minimum absolute atomic E-state index is 0.0382. The van der Waals surface area contributed by atoms with Crippen molar-refractivity contribution in [1.29, 1.82) is 0 Å². The molecular formula is C13H16F3NO2. The summed E-state index contributed by atoms with van der Waals surface area (Å²) in [5, 5.41) is 9.02. The summed E-state index contributed by atoms with van der Waals surface area (Å²) < 4.78 is 42.6. The first-order valence-electron chi connectivity index (χ1n) is 6.10. The topological polar surface area (TPSA) is 32.7 Å². The van der Waals surface area contributed by atoms with Crippen LogP contribution in [-0.4, -0.2) is 42.4 Å². The molecule has 106 valence electrons. The number of halogens is 3. The molecule has 1 aliphatic heterocycles. The first-order valence-corrected chi connectivity index (χ1v) is 6.10. The number of ether oxygens (including phenoxy) is 1. The number of hydrogen-bond acceptors (Lipinski definition) is 3. The lowest BCUT2D eigenvalue weighted by molar-refractivity contribution is -0.137. The molecule has 1 saturated heterocycles. The largest absolute Gasteiger partial charge is 0.416 e. The van der Waals surface area contributed by atoms with E-state index in [1.807, 2.05) is 0 Å². The monoisotopic (exact) mass is 275 g/mol. The number of aliphatic hydroxyl groups is 1. The van der Waals surface area contributed by atoms with E-state index < -0.39 is 11.7 Å². The Hall–Kier alpha value is -1.11. The number of morpholine rings is 1. The van der Waals surface area contributed by atoms with Crippen molar-refractivity contribution >= 4 is 0 Å². The van der Waals surface area contributed by atoms with E-state index in [2.05, 4.69) is 4.90 Å². The average molecular weight is 275 g/mol. The Balaban J connectivity index is 1.96. The van der Waals surface area contributed by atoms with Crippen LogP contribution in [0.2, 0.25) is 0 Å². The summed E-state index contributed by atoms with van der Waals surface area (Å²) in [6.07, 6.45) is -4.50. The Labute approximate surface area is 109 Å². The second-order valence-corrected chi connectivity index (χ2v) is 4.61. The van der Waals surface area contributed by atoms with Gasteiger partial charge in [0.1, 0.15) is 0 Å². The van der Waals surface area contributed by atoms with Crippen LogP contribution in [0.4, 0.5) is 13.2 Å². The molecule has 1 unspecified atom stereocenters. The van der Waals surface area contributed by atoms with E-state index in [4.69, 9.17) is 9.84 Å². The van der Waals surface area contributed by atoms with Gasteiger partial charge in [-0.25, -0.2) is 0 Å². The third-order valence-electron chi connectivity index (χ3n) is 3.11. The number of nitrogens with zero attached hydrogens (tertiary/aromatic N) is 1. The zero-order valence-corrected chi connectivity index (χ0v) is 10.4. The van der Waals surface area contributed by atoms with Gasteiger partial charge in [-0.15, -0.1) is 0 Å². The first kappa shape index (κ1) is 14.3. The summed E-state index contributed by atoms with van der Waals surface area (Å²) >= 11 is 0. The molecular weight excluding hydrogens is 259 g/mol. The molecule has 2 rings (SSSR count). The SMILES string of the molecule is OCC1CN(Cc2ccc(C(F)(F)F)cc2)CCO1. The lowest BCUT2D eigenvalue weighted by atomic mass is 10.1. The van der Waals surface area contributed by atoms with Crippen molar-refractivity contribution in [3.8, 4) is 0 Å². The van der Waals surface area contributed by atoms with E-state index in [9.17, 15) is 13.2 Å². The number of hydrogen-bond donors (Lipinski definition) is 1. The molecule has 1 aromatic rings. The van der Waals surface area contributed by atoms with Gasteiger partial charge < -0.3 is 9.84 Å². The molecule has 0 bridgehead atoms. The third-order valence-corrected chi connectivity index (χ3v) is 3.11. The molecule has 0 aromatic heterocycles. The van der Waals surface area contributed by atoms with Gasteiger partial charge in [-0.3, -0.25) is 4.90 Å².